The number of rotatable bonds is 8. The minimum atomic E-state index is -2.88. The van der Waals surface area contributed by atoms with E-state index in [-0.39, 0.29) is 18.1 Å². The van der Waals surface area contributed by atoms with Gasteiger partial charge in [-0.15, -0.1) is 0 Å². The molecule has 0 atom stereocenters. The maximum atomic E-state index is 12.2. The second-order valence-corrected chi connectivity index (χ2v) is 3.62. The fraction of sp³-hybridized carbons (Fsp3) is 0.500. The SMILES string of the molecule is COc1ccc(CNCCCO)cc1OC(F)F. The van der Waals surface area contributed by atoms with E-state index in [1.807, 2.05) is 0 Å². The molecule has 0 saturated heterocycles. The lowest BCUT2D eigenvalue weighted by Gasteiger charge is -2.11. The zero-order valence-corrected chi connectivity index (χ0v) is 10.2. The van der Waals surface area contributed by atoms with Crippen molar-refractivity contribution < 1.29 is 23.4 Å². The number of alkyl halides is 2. The molecule has 0 aromatic heterocycles. The minimum Gasteiger partial charge on any atom is -0.493 e. The van der Waals surface area contributed by atoms with Crippen molar-refractivity contribution in [2.24, 2.45) is 0 Å². The van der Waals surface area contributed by atoms with Gasteiger partial charge in [-0.3, -0.25) is 0 Å². The van der Waals surface area contributed by atoms with Crippen LogP contribution in [0.4, 0.5) is 8.78 Å². The molecule has 4 nitrogen and oxygen atoms in total. The molecule has 102 valence electrons. The third-order valence-corrected chi connectivity index (χ3v) is 2.28. The van der Waals surface area contributed by atoms with Crippen molar-refractivity contribution in [3.05, 3.63) is 23.8 Å². The first-order chi connectivity index (χ1) is 8.67. The highest BCUT2D eigenvalue weighted by molar-refractivity contribution is 5.42. The molecular weight excluding hydrogens is 244 g/mol. The molecule has 1 aromatic rings. The van der Waals surface area contributed by atoms with Gasteiger partial charge in [0.1, 0.15) is 0 Å². The second kappa shape index (κ2) is 7.84. The third kappa shape index (κ3) is 4.85. The molecule has 2 N–H and O–H groups in total. The summed E-state index contributed by atoms with van der Waals surface area (Å²) in [5, 5.41) is 11.7. The van der Waals surface area contributed by atoms with Crippen LogP contribution in [0.2, 0.25) is 0 Å². The predicted octanol–water partition coefficient (Wildman–Crippen LogP) is 1.77. The molecule has 0 radical (unpaired) electrons. The number of halogens is 2. The Hall–Kier alpha value is -1.40. The van der Waals surface area contributed by atoms with Crippen molar-refractivity contribution in [3.63, 3.8) is 0 Å². The van der Waals surface area contributed by atoms with Gasteiger partial charge in [0.05, 0.1) is 7.11 Å². The largest absolute Gasteiger partial charge is 0.493 e. The van der Waals surface area contributed by atoms with Crippen LogP contribution in [0, 0.1) is 0 Å². The average molecular weight is 261 g/mol. The van der Waals surface area contributed by atoms with E-state index in [1.165, 1.54) is 13.2 Å². The molecule has 0 bridgehead atoms. The molecular formula is C12H17F2NO3. The van der Waals surface area contributed by atoms with Gasteiger partial charge in [-0.2, -0.15) is 8.78 Å². The van der Waals surface area contributed by atoms with Crippen LogP contribution in [0.1, 0.15) is 12.0 Å². The number of hydrogen-bond acceptors (Lipinski definition) is 4. The molecule has 1 aromatic carbocycles. The van der Waals surface area contributed by atoms with E-state index < -0.39 is 6.61 Å². The number of benzene rings is 1. The number of hydrogen-bond donors (Lipinski definition) is 2. The zero-order chi connectivity index (χ0) is 13.4. The van der Waals surface area contributed by atoms with E-state index in [9.17, 15) is 8.78 Å². The van der Waals surface area contributed by atoms with Crippen LogP contribution in [0.15, 0.2) is 18.2 Å². The molecule has 0 amide bonds. The van der Waals surface area contributed by atoms with Gasteiger partial charge in [-0.1, -0.05) is 6.07 Å². The highest BCUT2D eigenvalue weighted by atomic mass is 19.3. The molecule has 0 aliphatic rings. The van der Waals surface area contributed by atoms with E-state index in [0.717, 1.165) is 5.56 Å². The highest BCUT2D eigenvalue weighted by Crippen LogP contribution is 2.29. The highest BCUT2D eigenvalue weighted by Gasteiger charge is 2.10. The summed E-state index contributed by atoms with van der Waals surface area (Å²) in [5.74, 6) is 0.295. The van der Waals surface area contributed by atoms with Crippen LogP contribution < -0.4 is 14.8 Å². The quantitative estimate of drug-likeness (QED) is 0.700. The topological polar surface area (TPSA) is 50.7 Å². The lowest BCUT2D eigenvalue weighted by molar-refractivity contribution is -0.0512. The van der Waals surface area contributed by atoms with Gasteiger partial charge in [-0.25, -0.2) is 0 Å². The second-order valence-electron chi connectivity index (χ2n) is 3.62. The molecule has 0 unspecified atom stereocenters. The Morgan fingerprint density at radius 1 is 1.33 bits per heavy atom. The first-order valence-corrected chi connectivity index (χ1v) is 5.60. The maximum Gasteiger partial charge on any atom is 0.387 e. The van der Waals surface area contributed by atoms with Crippen LogP contribution in [-0.2, 0) is 6.54 Å². The zero-order valence-electron chi connectivity index (χ0n) is 10.2. The van der Waals surface area contributed by atoms with Gasteiger partial charge < -0.3 is 19.9 Å². The van der Waals surface area contributed by atoms with Crippen molar-refractivity contribution in [1.82, 2.24) is 5.32 Å². The molecule has 0 heterocycles. The average Bonchev–Trinajstić information content (AvgIpc) is 2.34. The summed E-state index contributed by atoms with van der Waals surface area (Å²) in [6, 6.07) is 4.86. The standard InChI is InChI=1S/C12H17F2NO3/c1-17-10-4-3-9(8-15-5-2-6-16)7-11(10)18-12(13)14/h3-4,7,12,15-16H,2,5-6,8H2,1H3. The van der Waals surface area contributed by atoms with Crippen molar-refractivity contribution in [1.29, 1.82) is 0 Å². The Bertz CT molecular complexity index is 361. The van der Waals surface area contributed by atoms with Crippen LogP contribution in [0.25, 0.3) is 0 Å². The summed E-state index contributed by atoms with van der Waals surface area (Å²) in [7, 11) is 1.40. The van der Waals surface area contributed by atoms with Crippen molar-refractivity contribution >= 4 is 0 Å². The molecule has 0 aliphatic carbocycles. The molecule has 0 saturated carbocycles. The van der Waals surface area contributed by atoms with Crippen LogP contribution in [0.5, 0.6) is 11.5 Å². The molecule has 0 aliphatic heterocycles. The minimum absolute atomic E-state index is 0.0222. The smallest absolute Gasteiger partial charge is 0.387 e. The molecule has 0 fully saturated rings. The van der Waals surface area contributed by atoms with Gasteiger partial charge in [0.2, 0.25) is 0 Å². The fourth-order valence-electron chi connectivity index (χ4n) is 1.46. The monoisotopic (exact) mass is 261 g/mol. The van der Waals surface area contributed by atoms with Gasteiger partial charge in [0.25, 0.3) is 0 Å². The van der Waals surface area contributed by atoms with Gasteiger partial charge in [-0.05, 0) is 30.7 Å². The maximum absolute atomic E-state index is 12.2. The first-order valence-electron chi connectivity index (χ1n) is 5.60. The predicted molar refractivity (Wildman–Crippen MR) is 63.0 cm³/mol. The summed E-state index contributed by atoms with van der Waals surface area (Å²) < 4.78 is 33.7. The molecule has 1 rings (SSSR count). The summed E-state index contributed by atoms with van der Waals surface area (Å²) in [6.07, 6.45) is 0.649. The van der Waals surface area contributed by atoms with Crippen molar-refractivity contribution in [3.8, 4) is 11.5 Å². The summed E-state index contributed by atoms with van der Waals surface area (Å²) >= 11 is 0. The van der Waals surface area contributed by atoms with Gasteiger partial charge in [0.15, 0.2) is 11.5 Å². The van der Waals surface area contributed by atoms with E-state index in [2.05, 4.69) is 10.1 Å². The van der Waals surface area contributed by atoms with Crippen molar-refractivity contribution in [2.75, 3.05) is 20.3 Å². The summed E-state index contributed by atoms with van der Waals surface area (Å²) in [4.78, 5) is 0. The number of nitrogens with one attached hydrogen (secondary N) is 1. The van der Waals surface area contributed by atoms with E-state index in [1.54, 1.807) is 12.1 Å². The van der Waals surface area contributed by atoms with E-state index in [4.69, 9.17) is 9.84 Å². The Kier molecular flexibility index (Phi) is 6.38. The lowest BCUT2D eigenvalue weighted by Crippen LogP contribution is -2.15. The molecule has 6 heteroatoms. The Balaban J connectivity index is 2.63. The van der Waals surface area contributed by atoms with Crippen molar-refractivity contribution in [2.45, 2.75) is 19.6 Å². The number of aliphatic hydroxyl groups excluding tert-OH is 1. The van der Waals surface area contributed by atoms with Crippen LogP contribution in [-0.4, -0.2) is 32.0 Å². The summed E-state index contributed by atoms with van der Waals surface area (Å²) in [5.41, 5.74) is 0.810. The van der Waals surface area contributed by atoms with Gasteiger partial charge >= 0.3 is 6.61 Å². The van der Waals surface area contributed by atoms with Crippen LogP contribution in [0.3, 0.4) is 0 Å². The van der Waals surface area contributed by atoms with Crippen LogP contribution >= 0.6 is 0 Å². The molecule has 18 heavy (non-hydrogen) atoms. The number of methoxy groups -OCH3 is 1. The first kappa shape index (κ1) is 14.7. The van der Waals surface area contributed by atoms with E-state index in [0.29, 0.717) is 19.5 Å². The Morgan fingerprint density at radius 3 is 2.72 bits per heavy atom. The van der Waals surface area contributed by atoms with E-state index >= 15 is 0 Å². The lowest BCUT2D eigenvalue weighted by atomic mass is 10.2. The fourth-order valence-corrected chi connectivity index (χ4v) is 1.46. The molecule has 0 spiro atoms. The summed E-state index contributed by atoms with van der Waals surface area (Å²) in [6.45, 7) is -1.58. The number of ether oxygens (including phenoxy) is 2. The Labute approximate surface area is 105 Å². The van der Waals surface area contributed by atoms with Gasteiger partial charge in [0, 0.05) is 13.2 Å². The number of aliphatic hydroxyl groups is 1. The Morgan fingerprint density at radius 2 is 2.11 bits per heavy atom. The normalized spacial score (nSPS) is 10.7. The third-order valence-electron chi connectivity index (χ3n) is 2.28.